The highest BCUT2D eigenvalue weighted by atomic mass is 19.4. The van der Waals surface area contributed by atoms with Crippen LogP contribution in [-0.4, -0.2) is 20.1 Å². The van der Waals surface area contributed by atoms with Gasteiger partial charge in [0.1, 0.15) is 5.75 Å². The Labute approximate surface area is 137 Å². The lowest BCUT2D eigenvalue weighted by atomic mass is 9.99. The highest BCUT2D eigenvalue weighted by Gasteiger charge is 2.31. The predicted octanol–water partition coefficient (Wildman–Crippen LogP) is 4.04. The first-order chi connectivity index (χ1) is 11.3. The molecule has 0 aromatic heterocycles. The van der Waals surface area contributed by atoms with Crippen molar-refractivity contribution in [3.63, 3.8) is 0 Å². The number of alkyl halides is 3. The first kappa shape index (κ1) is 17.9. The van der Waals surface area contributed by atoms with Gasteiger partial charge in [-0.1, -0.05) is 18.2 Å². The summed E-state index contributed by atoms with van der Waals surface area (Å²) in [7, 11) is 1.54. The molecule has 2 N–H and O–H groups in total. The largest absolute Gasteiger partial charge is 0.573 e. The summed E-state index contributed by atoms with van der Waals surface area (Å²) in [5.74, 6) is 0.856. The molecule has 130 valence electrons. The van der Waals surface area contributed by atoms with Crippen molar-refractivity contribution in [3.05, 3.63) is 53.6 Å². The summed E-state index contributed by atoms with van der Waals surface area (Å²) in [6.07, 6.45) is -4.72. The molecule has 0 saturated heterocycles. The van der Waals surface area contributed by atoms with Crippen LogP contribution in [-0.2, 0) is 0 Å². The molecule has 2 aromatic rings. The maximum Gasteiger partial charge on any atom is 0.573 e. The molecule has 2 rings (SSSR count). The van der Waals surface area contributed by atoms with Crippen molar-refractivity contribution in [3.8, 4) is 17.2 Å². The van der Waals surface area contributed by atoms with Crippen LogP contribution in [0.25, 0.3) is 0 Å². The summed E-state index contributed by atoms with van der Waals surface area (Å²) in [5, 5.41) is 0. The van der Waals surface area contributed by atoms with Crippen molar-refractivity contribution in [1.29, 1.82) is 0 Å². The maximum absolute atomic E-state index is 12.2. The second kappa shape index (κ2) is 7.44. The number of benzene rings is 2. The van der Waals surface area contributed by atoms with Crippen LogP contribution in [0.15, 0.2) is 42.5 Å². The topological polar surface area (TPSA) is 53.7 Å². The average Bonchev–Trinajstić information content (AvgIpc) is 2.54. The van der Waals surface area contributed by atoms with Crippen LogP contribution < -0.4 is 19.9 Å². The Morgan fingerprint density at radius 1 is 1.00 bits per heavy atom. The van der Waals surface area contributed by atoms with E-state index in [4.69, 9.17) is 15.2 Å². The number of halogens is 3. The Morgan fingerprint density at radius 3 is 2.17 bits per heavy atom. The Balaban J connectivity index is 2.22. The van der Waals surface area contributed by atoms with E-state index in [1.807, 2.05) is 6.92 Å². The monoisotopic (exact) mass is 341 g/mol. The van der Waals surface area contributed by atoms with Crippen LogP contribution in [0.2, 0.25) is 0 Å². The molecule has 0 amide bonds. The van der Waals surface area contributed by atoms with Crippen LogP contribution in [0.1, 0.15) is 24.1 Å². The molecule has 0 bridgehead atoms. The van der Waals surface area contributed by atoms with E-state index in [1.54, 1.807) is 18.2 Å². The summed E-state index contributed by atoms with van der Waals surface area (Å²) < 4.78 is 51.1. The minimum Gasteiger partial charge on any atom is -0.493 e. The predicted molar refractivity (Wildman–Crippen MR) is 83.3 cm³/mol. The molecule has 7 heteroatoms. The minimum atomic E-state index is -4.72. The van der Waals surface area contributed by atoms with Crippen molar-refractivity contribution in [2.45, 2.75) is 19.3 Å². The third-order valence-corrected chi connectivity index (χ3v) is 3.32. The zero-order valence-corrected chi connectivity index (χ0v) is 13.3. The van der Waals surface area contributed by atoms with Gasteiger partial charge >= 0.3 is 6.36 Å². The van der Waals surface area contributed by atoms with Crippen LogP contribution >= 0.6 is 0 Å². The highest BCUT2D eigenvalue weighted by molar-refractivity contribution is 5.46. The van der Waals surface area contributed by atoms with Crippen molar-refractivity contribution in [2.24, 2.45) is 5.73 Å². The molecule has 0 unspecified atom stereocenters. The van der Waals surface area contributed by atoms with Gasteiger partial charge in [0.2, 0.25) is 0 Å². The fraction of sp³-hybridized carbons (Fsp3) is 0.294. The molecule has 4 nitrogen and oxygen atoms in total. The molecule has 24 heavy (non-hydrogen) atoms. The van der Waals surface area contributed by atoms with E-state index in [1.165, 1.54) is 31.4 Å². The van der Waals surface area contributed by atoms with Crippen molar-refractivity contribution < 1.29 is 27.4 Å². The van der Waals surface area contributed by atoms with Gasteiger partial charge in [-0.05, 0) is 42.3 Å². The van der Waals surface area contributed by atoms with E-state index in [0.717, 1.165) is 5.56 Å². The zero-order valence-electron chi connectivity index (χ0n) is 13.3. The SMILES string of the molecule is CCOc1cc([C@H](N)c2ccc(OC(F)(F)F)cc2)ccc1OC. The Morgan fingerprint density at radius 2 is 1.62 bits per heavy atom. The van der Waals surface area contributed by atoms with Crippen LogP contribution in [0.4, 0.5) is 13.2 Å². The molecule has 2 aromatic carbocycles. The van der Waals surface area contributed by atoms with Crippen LogP contribution in [0.3, 0.4) is 0 Å². The van der Waals surface area contributed by atoms with Gasteiger partial charge in [0.25, 0.3) is 0 Å². The zero-order chi connectivity index (χ0) is 17.7. The standard InChI is InChI=1S/C17H18F3NO3/c1-3-23-15-10-12(6-9-14(15)22-2)16(21)11-4-7-13(8-5-11)24-17(18,19)20/h4-10,16H,3,21H2,1-2H3/t16-/m1/s1. The molecule has 0 radical (unpaired) electrons. The van der Waals surface area contributed by atoms with E-state index >= 15 is 0 Å². The lowest BCUT2D eigenvalue weighted by Crippen LogP contribution is -2.17. The number of ether oxygens (including phenoxy) is 3. The Hall–Kier alpha value is -2.41. The molecule has 0 saturated carbocycles. The highest BCUT2D eigenvalue weighted by Crippen LogP contribution is 2.32. The van der Waals surface area contributed by atoms with Crippen molar-refractivity contribution >= 4 is 0 Å². The Kier molecular flexibility index (Phi) is 5.56. The molecule has 1 atom stereocenters. The second-order valence-electron chi connectivity index (χ2n) is 4.94. The quantitative estimate of drug-likeness (QED) is 0.861. The first-order valence-corrected chi connectivity index (χ1v) is 7.26. The summed E-state index contributed by atoms with van der Waals surface area (Å²) in [6, 6.07) is 10.2. The van der Waals surface area contributed by atoms with Gasteiger partial charge in [0.15, 0.2) is 11.5 Å². The second-order valence-corrected chi connectivity index (χ2v) is 4.94. The maximum atomic E-state index is 12.2. The third kappa shape index (κ3) is 4.55. The van der Waals surface area contributed by atoms with E-state index in [-0.39, 0.29) is 5.75 Å². The van der Waals surface area contributed by atoms with Gasteiger partial charge in [-0.25, -0.2) is 0 Å². The number of rotatable bonds is 6. The van der Waals surface area contributed by atoms with Crippen LogP contribution in [0.5, 0.6) is 17.2 Å². The molecule has 0 heterocycles. The fourth-order valence-electron chi connectivity index (χ4n) is 2.22. The van der Waals surface area contributed by atoms with E-state index in [0.29, 0.717) is 23.7 Å². The molecular formula is C17H18F3NO3. The van der Waals surface area contributed by atoms with Crippen LogP contribution in [0, 0.1) is 0 Å². The molecule has 0 aliphatic carbocycles. The molecule has 0 spiro atoms. The molecule has 0 aliphatic rings. The normalized spacial score (nSPS) is 12.6. The summed E-state index contributed by atoms with van der Waals surface area (Å²) in [6.45, 7) is 2.32. The summed E-state index contributed by atoms with van der Waals surface area (Å²) in [4.78, 5) is 0. The van der Waals surface area contributed by atoms with Gasteiger partial charge in [-0.15, -0.1) is 13.2 Å². The van der Waals surface area contributed by atoms with Crippen molar-refractivity contribution in [2.75, 3.05) is 13.7 Å². The summed E-state index contributed by atoms with van der Waals surface area (Å²) >= 11 is 0. The van der Waals surface area contributed by atoms with Gasteiger partial charge < -0.3 is 19.9 Å². The molecule has 0 fully saturated rings. The van der Waals surface area contributed by atoms with E-state index in [2.05, 4.69) is 4.74 Å². The Bertz CT molecular complexity index is 672. The van der Waals surface area contributed by atoms with Gasteiger partial charge in [0, 0.05) is 0 Å². The smallest absolute Gasteiger partial charge is 0.493 e. The third-order valence-electron chi connectivity index (χ3n) is 3.32. The number of hydrogen-bond acceptors (Lipinski definition) is 4. The van der Waals surface area contributed by atoms with E-state index < -0.39 is 12.4 Å². The minimum absolute atomic E-state index is 0.289. The molecule has 0 aliphatic heterocycles. The lowest BCUT2D eigenvalue weighted by Gasteiger charge is -2.16. The number of hydrogen-bond donors (Lipinski definition) is 1. The van der Waals surface area contributed by atoms with Gasteiger partial charge in [-0.2, -0.15) is 0 Å². The summed E-state index contributed by atoms with van der Waals surface area (Å²) in [5.41, 5.74) is 7.59. The molecular weight excluding hydrogens is 323 g/mol. The number of methoxy groups -OCH3 is 1. The average molecular weight is 341 g/mol. The van der Waals surface area contributed by atoms with Crippen molar-refractivity contribution in [1.82, 2.24) is 0 Å². The lowest BCUT2D eigenvalue weighted by molar-refractivity contribution is -0.274. The van der Waals surface area contributed by atoms with Gasteiger partial charge in [-0.3, -0.25) is 0 Å². The first-order valence-electron chi connectivity index (χ1n) is 7.26. The van der Waals surface area contributed by atoms with Gasteiger partial charge in [0.05, 0.1) is 19.8 Å². The number of nitrogens with two attached hydrogens (primary N) is 1. The van der Waals surface area contributed by atoms with E-state index in [9.17, 15) is 13.2 Å². The fourth-order valence-corrected chi connectivity index (χ4v) is 2.22.